The van der Waals surface area contributed by atoms with Crippen LogP contribution in [0.1, 0.15) is 40.2 Å². The molecule has 0 N–H and O–H groups in total. The van der Waals surface area contributed by atoms with Gasteiger partial charge < -0.3 is 4.74 Å². The number of rotatable bonds is 2. The van der Waals surface area contributed by atoms with Crippen molar-refractivity contribution in [2.75, 3.05) is 0 Å². The fourth-order valence-corrected chi connectivity index (χ4v) is 1.38. The van der Waals surface area contributed by atoms with Crippen molar-refractivity contribution >= 4 is 5.97 Å². The average Bonchev–Trinajstić information content (AvgIpc) is 2.16. The van der Waals surface area contributed by atoms with Crippen molar-refractivity contribution in [3.63, 3.8) is 0 Å². The summed E-state index contributed by atoms with van der Waals surface area (Å²) in [5, 5.41) is 0. The summed E-state index contributed by atoms with van der Waals surface area (Å²) in [5.74, 6) is -0.189. The summed E-state index contributed by atoms with van der Waals surface area (Å²) >= 11 is 0. The van der Waals surface area contributed by atoms with Crippen molar-refractivity contribution in [3.8, 4) is 0 Å². The third kappa shape index (κ3) is 3.09. The molecular weight excluding hydrogens is 200 g/mol. The standard InChI is InChI=1S/C14H20O2/c1-13(2,3)16-12(15)14(4,5)11-9-7-6-8-10-11/h6-10H,1-5H3. The Balaban J connectivity index is 2.90. The van der Waals surface area contributed by atoms with Gasteiger partial charge in [0.1, 0.15) is 5.60 Å². The van der Waals surface area contributed by atoms with Crippen LogP contribution in [0.25, 0.3) is 0 Å². The lowest BCUT2D eigenvalue weighted by molar-refractivity contribution is -0.160. The van der Waals surface area contributed by atoms with Crippen LogP contribution in [0.3, 0.4) is 0 Å². The highest BCUT2D eigenvalue weighted by molar-refractivity contribution is 5.82. The quantitative estimate of drug-likeness (QED) is 0.715. The fraction of sp³-hybridized carbons (Fsp3) is 0.500. The van der Waals surface area contributed by atoms with Gasteiger partial charge >= 0.3 is 5.97 Å². The van der Waals surface area contributed by atoms with Crippen molar-refractivity contribution in [3.05, 3.63) is 35.9 Å². The molecule has 2 heteroatoms. The summed E-state index contributed by atoms with van der Waals surface area (Å²) in [7, 11) is 0. The van der Waals surface area contributed by atoms with E-state index in [1.807, 2.05) is 65.0 Å². The van der Waals surface area contributed by atoms with E-state index < -0.39 is 11.0 Å². The molecule has 0 atom stereocenters. The molecule has 1 rings (SSSR count). The minimum atomic E-state index is -0.603. The zero-order valence-corrected chi connectivity index (χ0v) is 10.7. The smallest absolute Gasteiger partial charge is 0.316 e. The van der Waals surface area contributed by atoms with E-state index >= 15 is 0 Å². The van der Waals surface area contributed by atoms with Crippen LogP contribution in [0.5, 0.6) is 0 Å². The molecule has 0 spiro atoms. The summed E-state index contributed by atoms with van der Waals surface area (Å²) in [6.07, 6.45) is 0. The SMILES string of the molecule is CC(C)(C)OC(=O)C(C)(C)c1ccccc1. The Kier molecular flexibility index (Phi) is 3.41. The maximum atomic E-state index is 12.1. The number of hydrogen-bond acceptors (Lipinski definition) is 2. The van der Waals surface area contributed by atoms with E-state index in [9.17, 15) is 4.79 Å². The predicted molar refractivity (Wildman–Crippen MR) is 65.3 cm³/mol. The van der Waals surface area contributed by atoms with Crippen LogP contribution in [0.2, 0.25) is 0 Å². The third-order valence-electron chi connectivity index (χ3n) is 2.40. The van der Waals surface area contributed by atoms with E-state index in [1.54, 1.807) is 0 Å². The Labute approximate surface area is 97.6 Å². The second-order valence-corrected chi connectivity index (χ2v) is 5.49. The zero-order chi connectivity index (χ0) is 12.4. The molecule has 0 fully saturated rings. The molecule has 0 aliphatic heterocycles. The van der Waals surface area contributed by atoms with Crippen molar-refractivity contribution < 1.29 is 9.53 Å². The summed E-state index contributed by atoms with van der Waals surface area (Å²) in [6, 6.07) is 9.70. The van der Waals surface area contributed by atoms with Gasteiger partial charge in [0.2, 0.25) is 0 Å². The normalized spacial score (nSPS) is 12.3. The van der Waals surface area contributed by atoms with E-state index in [4.69, 9.17) is 4.74 Å². The monoisotopic (exact) mass is 220 g/mol. The predicted octanol–water partition coefficient (Wildman–Crippen LogP) is 3.31. The lowest BCUT2D eigenvalue weighted by atomic mass is 9.84. The Bertz CT molecular complexity index is 358. The Morgan fingerprint density at radius 2 is 1.50 bits per heavy atom. The van der Waals surface area contributed by atoms with E-state index in [1.165, 1.54) is 0 Å². The maximum absolute atomic E-state index is 12.1. The number of benzene rings is 1. The molecular formula is C14H20O2. The first-order chi connectivity index (χ1) is 7.23. The van der Waals surface area contributed by atoms with Crippen molar-refractivity contribution in [1.29, 1.82) is 0 Å². The van der Waals surface area contributed by atoms with Gasteiger partial charge in [-0.05, 0) is 40.2 Å². The molecule has 0 heterocycles. The molecule has 0 saturated carbocycles. The molecule has 0 bridgehead atoms. The lowest BCUT2D eigenvalue weighted by Crippen LogP contribution is -2.36. The molecule has 1 aromatic carbocycles. The number of carbonyl (C=O) groups excluding carboxylic acids is 1. The van der Waals surface area contributed by atoms with E-state index in [0.717, 1.165) is 5.56 Å². The van der Waals surface area contributed by atoms with Crippen LogP contribution in [0.4, 0.5) is 0 Å². The first kappa shape index (κ1) is 12.8. The van der Waals surface area contributed by atoms with Crippen molar-refractivity contribution in [1.82, 2.24) is 0 Å². The molecule has 16 heavy (non-hydrogen) atoms. The first-order valence-electron chi connectivity index (χ1n) is 5.52. The van der Waals surface area contributed by atoms with Gasteiger partial charge in [-0.2, -0.15) is 0 Å². The van der Waals surface area contributed by atoms with Crippen LogP contribution in [0, 0.1) is 0 Å². The molecule has 0 aliphatic carbocycles. The van der Waals surface area contributed by atoms with E-state index in [0.29, 0.717) is 0 Å². The van der Waals surface area contributed by atoms with Crippen LogP contribution in [-0.4, -0.2) is 11.6 Å². The molecule has 88 valence electrons. The summed E-state index contributed by atoms with van der Waals surface area (Å²) in [6.45, 7) is 9.41. The minimum absolute atomic E-state index is 0.189. The molecule has 0 aromatic heterocycles. The number of carbonyl (C=O) groups is 1. The highest BCUT2D eigenvalue weighted by Gasteiger charge is 2.33. The molecule has 0 aliphatic rings. The van der Waals surface area contributed by atoms with Crippen LogP contribution in [-0.2, 0) is 14.9 Å². The second-order valence-electron chi connectivity index (χ2n) is 5.49. The molecule has 0 saturated heterocycles. The summed E-state index contributed by atoms with van der Waals surface area (Å²) in [5.41, 5.74) is -0.0678. The molecule has 2 nitrogen and oxygen atoms in total. The number of esters is 1. The van der Waals surface area contributed by atoms with Crippen LogP contribution < -0.4 is 0 Å². The molecule has 1 aromatic rings. The van der Waals surface area contributed by atoms with Gasteiger partial charge in [-0.3, -0.25) is 4.79 Å². The Morgan fingerprint density at radius 3 is 1.94 bits per heavy atom. The largest absolute Gasteiger partial charge is 0.459 e. The maximum Gasteiger partial charge on any atom is 0.316 e. The van der Waals surface area contributed by atoms with Gasteiger partial charge in [0.15, 0.2) is 0 Å². The topological polar surface area (TPSA) is 26.3 Å². The van der Waals surface area contributed by atoms with Gasteiger partial charge in [0.25, 0.3) is 0 Å². The summed E-state index contributed by atoms with van der Waals surface area (Å²) < 4.78 is 5.42. The first-order valence-corrected chi connectivity index (χ1v) is 5.52. The van der Waals surface area contributed by atoms with Crippen LogP contribution in [0.15, 0.2) is 30.3 Å². The number of ether oxygens (including phenoxy) is 1. The lowest BCUT2D eigenvalue weighted by Gasteiger charge is -2.28. The fourth-order valence-electron chi connectivity index (χ4n) is 1.38. The zero-order valence-electron chi connectivity index (χ0n) is 10.7. The Morgan fingerprint density at radius 1 is 1.00 bits per heavy atom. The second kappa shape index (κ2) is 4.28. The molecule has 0 amide bonds. The average molecular weight is 220 g/mol. The molecule has 0 unspecified atom stereocenters. The molecule has 0 radical (unpaired) electrons. The number of hydrogen-bond donors (Lipinski definition) is 0. The van der Waals surface area contributed by atoms with E-state index in [-0.39, 0.29) is 5.97 Å². The van der Waals surface area contributed by atoms with Gasteiger partial charge in [-0.25, -0.2) is 0 Å². The summed E-state index contributed by atoms with van der Waals surface area (Å²) in [4.78, 5) is 12.1. The van der Waals surface area contributed by atoms with Crippen molar-refractivity contribution in [2.24, 2.45) is 0 Å². The van der Waals surface area contributed by atoms with Gasteiger partial charge in [0, 0.05) is 0 Å². The van der Waals surface area contributed by atoms with Gasteiger partial charge in [-0.1, -0.05) is 30.3 Å². The Hall–Kier alpha value is -1.31. The van der Waals surface area contributed by atoms with Crippen molar-refractivity contribution in [2.45, 2.75) is 45.6 Å². The highest BCUT2D eigenvalue weighted by atomic mass is 16.6. The van der Waals surface area contributed by atoms with Gasteiger partial charge in [0.05, 0.1) is 5.41 Å². The third-order valence-corrected chi connectivity index (χ3v) is 2.40. The highest BCUT2D eigenvalue weighted by Crippen LogP contribution is 2.26. The van der Waals surface area contributed by atoms with E-state index in [2.05, 4.69) is 0 Å². The van der Waals surface area contributed by atoms with Crippen LogP contribution >= 0.6 is 0 Å². The van der Waals surface area contributed by atoms with Gasteiger partial charge in [-0.15, -0.1) is 0 Å². The minimum Gasteiger partial charge on any atom is -0.459 e.